The van der Waals surface area contributed by atoms with Crippen LogP contribution < -0.4 is 15.5 Å². The number of anilines is 1. The lowest BCUT2D eigenvalue weighted by Crippen LogP contribution is -2.40. The molecular weight excluding hydrogens is 422 g/mol. The number of hydrogen-bond donors (Lipinski definition) is 2. The molecule has 1 heterocycles. The Kier molecular flexibility index (Phi) is 6.46. The van der Waals surface area contributed by atoms with E-state index in [4.69, 9.17) is 0 Å². The maximum Gasteiger partial charge on any atom is 0.239 e. The van der Waals surface area contributed by atoms with Crippen molar-refractivity contribution >= 4 is 39.3 Å². The van der Waals surface area contributed by atoms with Crippen molar-refractivity contribution in [1.82, 2.24) is 10.6 Å². The molecule has 146 valence electrons. The fourth-order valence-electron chi connectivity index (χ4n) is 3.32. The molecule has 0 unspecified atom stereocenters. The molecule has 2 aromatic rings. The van der Waals surface area contributed by atoms with Gasteiger partial charge < -0.3 is 15.5 Å². The zero-order valence-electron chi connectivity index (χ0n) is 15.5. The number of nitrogens with one attached hydrogen (secondary N) is 2. The summed E-state index contributed by atoms with van der Waals surface area (Å²) in [6.07, 6.45) is 0.557. The lowest BCUT2D eigenvalue weighted by molar-refractivity contribution is -0.132. The van der Waals surface area contributed by atoms with Crippen molar-refractivity contribution in [3.63, 3.8) is 0 Å². The molecule has 0 radical (unpaired) electrons. The average Bonchev–Trinajstić information content (AvgIpc) is 3.09. The Bertz CT molecular complexity index is 872. The maximum atomic E-state index is 12.9. The Labute approximate surface area is 172 Å². The summed E-state index contributed by atoms with van der Waals surface area (Å²) < 4.78 is 0.875. The first-order chi connectivity index (χ1) is 13.5. The van der Waals surface area contributed by atoms with Crippen LogP contribution in [0.3, 0.4) is 0 Å². The topological polar surface area (TPSA) is 78.5 Å². The largest absolute Gasteiger partial charge is 0.359 e. The van der Waals surface area contributed by atoms with Gasteiger partial charge in [-0.15, -0.1) is 0 Å². The first kappa shape index (κ1) is 20.1. The monoisotopic (exact) mass is 443 g/mol. The van der Waals surface area contributed by atoms with Gasteiger partial charge in [-0.2, -0.15) is 0 Å². The second-order valence-corrected chi connectivity index (χ2v) is 7.58. The van der Waals surface area contributed by atoms with Crippen molar-refractivity contribution in [2.75, 3.05) is 18.5 Å². The van der Waals surface area contributed by atoms with E-state index >= 15 is 0 Å². The SMILES string of the molecule is CNC(=O)C[C@@H](NC(=O)[C@H]1CCN(c2cccc(Br)c2)C1=O)c1ccccc1. The van der Waals surface area contributed by atoms with Gasteiger partial charge in [0.25, 0.3) is 0 Å². The highest BCUT2D eigenvalue weighted by Crippen LogP contribution is 2.28. The summed E-state index contributed by atoms with van der Waals surface area (Å²) in [4.78, 5) is 39.2. The van der Waals surface area contributed by atoms with Gasteiger partial charge in [0, 0.05) is 23.8 Å². The Balaban J connectivity index is 1.73. The van der Waals surface area contributed by atoms with E-state index in [0.29, 0.717) is 13.0 Å². The van der Waals surface area contributed by atoms with Crippen molar-refractivity contribution in [1.29, 1.82) is 0 Å². The molecule has 0 spiro atoms. The van der Waals surface area contributed by atoms with Crippen LogP contribution in [0, 0.1) is 5.92 Å². The van der Waals surface area contributed by atoms with Gasteiger partial charge in [0.2, 0.25) is 17.7 Å². The molecule has 1 saturated heterocycles. The van der Waals surface area contributed by atoms with Gasteiger partial charge >= 0.3 is 0 Å². The molecule has 1 fully saturated rings. The lowest BCUT2D eigenvalue weighted by Gasteiger charge is -2.21. The van der Waals surface area contributed by atoms with E-state index in [1.165, 1.54) is 0 Å². The molecule has 7 heteroatoms. The summed E-state index contributed by atoms with van der Waals surface area (Å²) in [5, 5.41) is 5.48. The lowest BCUT2D eigenvalue weighted by atomic mass is 10.0. The Morgan fingerprint density at radius 2 is 1.93 bits per heavy atom. The molecule has 3 rings (SSSR count). The van der Waals surface area contributed by atoms with Crippen molar-refractivity contribution in [3.05, 3.63) is 64.6 Å². The molecule has 2 N–H and O–H groups in total. The molecule has 1 aliphatic rings. The number of carbonyl (C=O) groups is 3. The van der Waals surface area contributed by atoms with E-state index in [0.717, 1.165) is 15.7 Å². The van der Waals surface area contributed by atoms with Crippen molar-refractivity contribution in [2.45, 2.75) is 18.9 Å². The Morgan fingerprint density at radius 1 is 1.18 bits per heavy atom. The summed E-state index contributed by atoms with van der Waals surface area (Å²) in [6.45, 7) is 0.485. The van der Waals surface area contributed by atoms with Gasteiger partial charge in [0.05, 0.1) is 12.5 Å². The molecular formula is C21H22BrN3O3. The van der Waals surface area contributed by atoms with E-state index in [9.17, 15) is 14.4 Å². The normalized spacial score (nSPS) is 17.3. The molecule has 28 heavy (non-hydrogen) atoms. The number of carbonyl (C=O) groups excluding carboxylic acids is 3. The Morgan fingerprint density at radius 3 is 2.61 bits per heavy atom. The predicted molar refractivity (Wildman–Crippen MR) is 111 cm³/mol. The molecule has 3 amide bonds. The van der Waals surface area contributed by atoms with Crippen molar-refractivity contribution in [2.24, 2.45) is 5.92 Å². The first-order valence-corrected chi connectivity index (χ1v) is 9.91. The zero-order chi connectivity index (χ0) is 20.1. The van der Waals surface area contributed by atoms with E-state index in [1.807, 2.05) is 54.6 Å². The van der Waals surface area contributed by atoms with Crippen LogP contribution in [0.2, 0.25) is 0 Å². The quantitative estimate of drug-likeness (QED) is 0.673. The summed E-state index contributed by atoms with van der Waals surface area (Å²) in [5.74, 6) is -1.50. The number of halogens is 1. The highest BCUT2D eigenvalue weighted by Gasteiger charge is 2.38. The third kappa shape index (κ3) is 4.59. The summed E-state index contributed by atoms with van der Waals surface area (Å²) in [7, 11) is 1.56. The van der Waals surface area contributed by atoms with Gasteiger partial charge in [-0.1, -0.05) is 52.3 Å². The number of rotatable bonds is 6. The molecule has 0 saturated carbocycles. The minimum atomic E-state index is -0.755. The fourth-order valence-corrected chi connectivity index (χ4v) is 3.71. The number of nitrogens with zero attached hydrogens (tertiary/aromatic N) is 1. The standard InChI is InChI=1S/C21H22BrN3O3/c1-23-19(26)13-18(14-6-3-2-4-7-14)24-20(27)17-10-11-25(21(17)28)16-9-5-8-15(22)12-16/h2-9,12,17-18H,10-11,13H2,1H3,(H,23,26)(H,24,27)/t17-,18-/m1/s1. The van der Waals surface area contributed by atoms with Gasteiger partial charge in [-0.3, -0.25) is 14.4 Å². The first-order valence-electron chi connectivity index (χ1n) is 9.12. The van der Waals surface area contributed by atoms with E-state index < -0.39 is 12.0 Å². The van der Waals surface area contributed by atoms with Crippen molar-refractivity contribution < 1.29 is 14.4 Å². The highest BCUT2D eigenvalue weighted by molar-refractivity contribution is 9.10. The van der Waals surface area contributed by atoms with E-state index in [-0.39, 0.29) is 24.1 Å². The van der Waals surface area contributed by atoms with Crippen LogP contribution in [0.25, 0.3) is 0 Å². The zero-order valence-corrected chi connectivity index (χ0v) is 17.1. The van der Waals surface area contributed by atoms with Crippen LogP contribution in [-0.4, -0.2) is 31.3 Å². The van der Waals surface area contributed by atoms with Gasteiger partial charge in [0.1, 0.15) is 5.92 Å². The summed E-state index contributed by atoms with van der Waals surface area (Å²) in [5.41, 5.74) is 1.59. The molecule has 2 aromatic carbocycles. The third-order valence-corrected chi connectivity index (χ3v) is 5.32. The average molecular weight is 444 g/mol. The minimum absolute atomic E-state index is 0.114. The third-order valence-electron chi connectivity index (χ3n) is 4.83. The van der Waals surface area contributed by atoms with Crippen LogP contribution >= 0.6 is 15.9 Å². The molecule has 6 nitrogen and oxygen atoms in total. The van der Waals surface area contributed by atoms with Crippen LogP contribution in [0.15, 0.2) is 59.1 Å². The second-order valence-electron chi connectivity index (χ2n) is 6.66. The molecule has 1 aliphatic heterocycles. The predicted octanol–water partition coefficient (Wildman–Crippen LogP) is 2.80. The van der Waals surface area contributed by atoms with Crippen LogP contribution in [0.4, 0.5) is 5.69 Å². The fraction of sp³-hybridized carbons (Fsp3) is 0.286. The number of hydrogen-bond acceptors (Lipinski definition) is 3. The Hall–Kier alpha value is -2.67. The number of benzene rings is 2. The van der Waals surface area contributed by atoms with Crippen LogP contribution in [0.1, 0.15) is 24.4 Å². The maximum absolute atomic E-state index is 12.9. The highest BCUT2D eigenvalue weighted by atomic mass is 79.9. The van der Waals surface area contributed by atoms with Gasteiger partial charge in [-0.05, 0) is 30.2 Å². The number of amides is 3. The molecule has 0 aliphatic carbocycles. The van der Waals surface area contributed by atoms with Gasteiger partial charge in [0.15, 0.2) is 0 Å². The molecule has 0 aromatic heterocycles. The smallest absolute Gasteiger partial charge is 0.239 e. The summed E-state index contributed by atoms with van der Waals surface area (Å²) >= 11 is 3.41. The second kappa shape index (κ2) is 9.01. The van der Waals surface area contributed by atoms with Crippen LogP contribution in [-0.2, 0) is 14.4 Å². The van der Waals surface area contributed by atoms with Crippen LogP contribution in [0.5, 0.6) is 0 Å². The summed E-state index contributed by atoms with van der Waals surface area (Å²) in [6, 6.07) is 16.3. The molecule has 2 atom stereocenters. The van der Waals surface area contributed by atoms with E-state index in [1.54, 1.807) is 11.9 Å². The van der Waals surface area contributed by atoms with E-state index in [2.05, 4.69) is 26.6 Å². The molecule has 0 bridgehead atoms. The minimum Gasteiger partial charge on any atom is -0.359 e. The van der Waals surface area contributed by atoms with Gasteiger partial charge in [-0.25, -0.2) is 0 Å². The van der Waals surface area contributed by atoms with Crippen molar-refractivity contribution in [3.8, 4) is 0 Å².